The van der Waals surface area contributed by atoms with Crippen molar-refractivity contribution in [2.45, 2.75) is 36.8 Å². The highest BCUT2D eigenvalue weighted by atomic mass is 16.2. The van der Waals surface area contributed by atoms with E-state index < -0.39 is 0 Å². The Labute approximate surface area is 196 Å². The maximum Gasteiger partial charge on any atom is 0.322 e. The van der Waals surface area contributed by atoms with E-state index in [4.69, 9.17) is 0 Å². The lowest BCUT2D eigenvalue weighted by Gasteiger charge is -2.48. The maximum absolute atomic E-state index is 13.0. The van der Waals surface area contributed by atoms with Crippen LogP contribution in [0.4, 0.5) is 16.4 Å². The molecule has 2 aromatic rings. The van der Waals surface area contributed by atoms with Crippen molar-refractivity contribution in [1.29, 1.82) is 0 Å². The third kappa shape index (κ3) is 4.06. The molecule has 0 unspecified atom stereocenters. The highest BCUT2D eigenvalue weighted by Crippen LogP contribution is 2.46. The van der Waals surface area contributed by atoms with Crippen LogP contribution in [0.5, 0.6) is 0 Å². The molecule has 0 radical (unpaired) electrons. The van der Waals surface area contributed by atoms with Gasteiger partial charge < -0.3 is 15.1 Å². The summed E-state index contributed by atoms with van der Waals surface area (Å²) < 4.78 is 0. The molecule has 2 aliphatic heterocycles. The molecular weight excluding hydrogens is 414 g/mol. The number of hydrogen-bond acceptors (Lipinski definition) is 6. The lowest BCUT2D eigenvalue weighted by molar-refractivity contribution is 0.0658. The van der Waals surface area contributed by atoms with Crippen LogP contribution in [0, 0.1) is 0 Å². The number of piperazine rings is 1. The Kier molecular flexibility index (Phi) is 5.74. The summed E-state index contributed by atoms with van der Waals surface area (Å²) in [6.07, 6.45) is 7.52. The first-order chi connectivity index (χ1) is 15.9. The van der Waals surface area contributed by atoms with Crippen molar-refractivity contribution in [1.82, 2.24) is 25.1 Å². The minimum atomic E-state index is -0.193. The van der Waals surface area contributed by atoms with E-state index in [1.807, 2.05) is 4.90 Å². The van der Waals surface area contributed by atoms with E-state index in [0.29, 0.717) is 6.54 Å². The Hall–Kier alpha value is -2.71. The van der Waals surface area contributed by atoms with Crippen molar-refractivity contribution in [3.8, 4) is 0 Å². The van der Waals surface area contributed by atoms with Crippen LogP contribution in [-0.4, -0.2) is 85.2 Å². The zero-order valence-corrected chi connectivity index (χ0v) is 20.0. The average molecular weight is 450 g/mol. The zero-order chi connectivity index (χ0) is 23.1. The molecule has 8 heteroatoms. The van der Waals surface area contributed by atoms with Crippen LogP contribution in [-0.2, 0) is 5.54 Å². The minimum Gasteiger partial charge on any atom is -0.338 e. The highest BCUT2D eigenvalue weighted by Gasteiger charge is 2.50. The summed E-state index contributed by atoms with van der Waals surface area (Å²) in [6, 6.07) is 10.7. The Morgan fingerprint density at radius 1 is 0.939 bits per heavy atom. The summed E-state index contributed by atoms with van der Waals surface area (Å²) in [4.78, 5) is 30.9. The van der Waals surface area contributed by atoms with Gasteiger partial charge in [-0.05, 0) is 52.4 Å². The predicted molar refractivity (Wildman–Crippen MR) is 131 cm³/mol. The van der Waals surface area contributed by atoms with E-state index >= 15 is 0 Å². The number of nitrogens with one attached hydrogen (secondary N) is 1. The molecule has 5 rings (SSSR count). The van der Waals surface area contributed by atoms with Gasteiger partial charge in [0.1, 0.15) is 0 Å². The first-order valence-corrected chi connectivity index (χ1v) is 12.0. The van der Waals surface area contributed by atoms with Gasteiger partial charge in [-0.15, -0.1) is 0 Å². The van der Waals surface area contributed by atoms with Crippen molar-refractivity contribution in [2.24, 2.45) is 0 Å². The average Bonchev–Trinajstić information content (AvgIpc) is 3.16. The molecule has 2 amide bonds. The second-order valence-corrected chi connectivity index (χ2v) is 10.1. The van der Waals surface area contributed by atoms with Crippen molar-refractivity contribution in [3.63, 3.8) is 0 Å². The van der Waals surface area contributed by atoms with Crippen LogP contribution in [0.2, 0.25) is 0 Å². The van der Waals surface area contributed by atoms with Gasteiger partial charge in [0, 0.05) is 31.7 Å². The molecule has 33 heavy (non-hydrogen) atoms. The molecule has 1 saturated carbocycles. The number of benzene rings is 1. The fourth-order valence-corrected chi connectivity index (χ4v) is 5.71. The Balaban J connectivity index is 1.28. The van der Waals surface area contributed by atoms with E-state index in [1.165, 1.54) is 5.56 Å². The third-order valence-electron chi connectivity index (χ3n) is 8.00. The summed E-state index contributed by atoms with van der Waals surface area (Å²) >= 11 is 0. The Morgan fingerprint density at radius 3 is 2.18 bits per heavy atom. The van der Waals surface area contributed by atoms with Gasteiger partial charge in [-0.2, -0.15) is 0 Å². The quantitative estimate of drug-likeness (QED) is 0.774. The monoisotopic (exact) mass is 449 g/mol. The molecule has 1 N–H and O–H groups in total. The number of hydrogen-bond donors (Lipinski definition) is 1. The van der Waals surface area contributed by atoms with Gasteiger partial charge in [0.2, 0.25) is 5.95 Å². The topological polar surface area (TPSA) is 67.8 Å². The predicted octanol–water partition coefficient (Wildman–Crippen LogP) is 2.53. The standard InChI is InChI=1S/C25H35N7O/c1-29(2)25(20-7-5-4-6-8-20)11-9-24(10-12-25)19-32(23(33)28-24)21-17-26-22(27-18-21)31-15-13-30(3)14-16-31/h4-8,17-18H,9-16,19H2,1-3H3,(H,28,33). The summed E-state index contributed by atoms with van der Waals surface area (Å²) in [6.45, 7) is 4.55. The van der Waals surface area contributed by atoms with Gasteiger partial charge in [-0.25, -0.2) is 14.8 Å². The van der Waals surface area contributed by atoms with Crippen molar-refractivity contribution in [3.05, 3.63) is 48.3 Å². The van der Waals surface area contributed by atoms with Crippen molar-refractivity contribution in [2.75, 3.05) is 63.7 Å². The van der Waals surface area contributed by atoms with Gasteiger partial charge in [0.15, 0.2) is 0 Å². The number of nitrogens with zero attached hydrogens (tertiary/aromatic N) is 6. The third-order valence-corrected chi connectivity index (χ3v) is 8.00. The van der Waals surface area contributed by atoms with Gasteiger partial charge >= 0.3 is 6.03 Å². The summed E-state index contributed by atoms with van der Waals surface area (Å²) in [5.74, 6) is 0.748. The summed E-state index contributed by atoms with van der Waals surface area (Å²) in [5, 5.41) is 3.33. The van der Waals surface area contributed by atoms with E-state index in [9.17, 15) is 4.79 Å². The maximum atomic E-state index is 13.0. The number of amides is 2. The van der Waals surface area contributed by atoms with Gasteiger partial charge in [-0.3, -0.25) is 9.80 Å². The first-order valence-electron chi connectivity index (χ1n) is 12.0. The second-order valence-electron chi connectivity index (χ2n) is 10.1. The lowest BCUT2D eigenvalue weighted by Crippen LogP contribution is -2.54. The van der Waals surface area contributed by atoms with Crippen LogP contribution >= 0.6 is 0 Å². The molecule has 1 aromatic heterocycles. The zero-order valence-electron chi connectivity index (χ0n) is 20.0. The van der Waals surface area contributed by atoms with E-state index in [0.717, 1.165) is 63.5 Å². The highest BCUT2D eigenvalue weighted by molar-refractivity contribution is 5.95. The molecule has 1 spiro atoms. The Morgan fingerprint density at radius 2 is 1.58 bits per heavy atom. The first kappa shape index (κ1) is 22.1. The van der Waals surface area contributed by atoms with Crippen LogP contribution in [0.3, 0.4) is 0 Å². The molecular formula is C25H35N7O. The molecule has 176 valence electrons. The molecule has 1 aromatic carbocycles. The normalized spacial score (nSPS) is 28.5. The Bertz CT molecular complexity index is 962. The van der Waals surface area contributed by atoms with Gasteiger partial charge in [0.05, 0.1) is 30.2 Å². The van der Waals surface area contributed by atoms with Crippen molar-refractivity contribution >= 4 is 17.7 Å². The fraction of sp³-hybridized carbons (Fsp3) is 0.560. The number of rotatable bonds is 4. The van der Waals surface area contributed by atoms with Crippen LogP contribution in [0.15, 0.2) is 42.7 Å². The largest absolute Gasteiger partial charge is 0.338 e. The van der Waals surface area contributed by atoms with Crippen LogP contribution in [0.1, 0.15) is 31.2 Å². The lowest BCUT2D eigenvalue weighted by atomic mass is 9.69. The number of aromatic nitrogens is 2. The molecule has 3 fully saturated rings. The molecule has 3 aliphatic rings. The SMILES string of the molecule is CN1CCN(c2ncc(N3CC4(CCC(c5ccccc5)(N(C)C)CC4)NC3=O)cn2)CC1. The molecule has 1 aliphatic carbocycles. The summed E-state index contributed by atoms with van der Waals surface area (Å²) in [5.41, 5.74) is 1.95. The fourth-order valence-electron chi connectivity index (χ4n) is 5.71. The van der Waals surface area contributed by atoms with E-state index in [1.54, 1.807) is 12.4 Å². The molecule has 8 nitrogen and oxygen atoms in total. The number of carbonyl (C=O) groups is 1. The molecule has 0 atom stereocenters. The van der Waals surface area contributed by atoms with Crippen LogP contribution < -0.4 is 15.1 Å². The molecule has 3 heterocycles. The van der Waals surface area contributed by atoms with Crippen molar-refractivity contribution < 1.29 is 4.79 Å². The van der Waals surface area contributed by atoms with Gasteiger partial charge in [0.25, 0.3) is 0 Å². The second kappa shape index (κ2) is 8.57. The minimum absolute atomic E-state index is 0.0118. The number of carbonyl (C=O) groups excluding carboxylic acids is 1. The molecule has 0 bridgehead atoms. The number of anilines is 2. The number of urea groups is 1. The van der Waals surface area contributed by atoms with E-state index in [2.05, 4.69) is 81.5 Å². The summed E-state index contributed by atoms with van der Waals surface area (Å²) in [7, 11) is 6.48. The molecule has 2 saturated heterocycles. The number of likely N-dealkylation sites (N-methyl/N-ethyl adjacent to an activating group) is 1. The smallest absolute Gasteiger partial charge is 0.322 e. The van der Waals surface area contributed by atoms with Crippen LogP contribution in [0.25, 0.3) is 0 Å². The van der Waals surface area contributed by atoms with E-state index in [-0.39, 0.29) is 17.1 Å². The van der Waals surface area contributed by atoms with Gasteiger partial charge in [-0.1, -0.05) is 30.3 Å².